The van der Waals surface area contributed by atoms with E-state index in [1.807, 2.05) is 18.9 Å². The Labute approximate surface area is 167 Å². The molecule has 1 atom stereocenters. The van der Waals surface area contributed by atoms with E-state index in [0.29, 0.717) is 12.3 Å². The zero-order chi connectivity index (χ0) is 19.4. The number of aryl methyl sites for hydroxylation is 2. The lowest BCUT2D eigenvalue weighted by Crippen LogP contribution is -2.31. The Morgan fingerprint density at radius 3 is 2.59 bits per heavy atom. The average Bonchev–Trinajstić information content (AvgIpc) is 3.08. The number of carbonyl (C=O) groups is 1. The van der Waals surface area contributed by atoms with Crippen molar-refractivity contribution in [2.45, 2.75) is 52.5 Å². The molecule has 2 heterocycles. The van der Waals surface area contributed by atoms with Crippen LogP contribution in [0.15, 0.2) is 24.3 Å². The number of aromatic nitrogens is 1. The first-order valence-corrected chi connectivity index (χ1v) is 10.8. The van der Waals surface area contributed by atoms with Crippen molar-refractivity contribution in [3.8, 4) is 10.6 Å². The smallest absolute Gasteiger partial charge is 0.222 e. The van der Waals surface area contributed by atoms with Crippen LogP contribution in [0.2, 0.25) is 0 Å². The van der Waals surface area contributed by atoms with Crippen LogP contribution in [0.3, 0.4) is 0 Å². The standard InChI is InChI=1S/C22H31N3OS/c1-15-5-8-19(9-6-15)22-24-16(2)21(27-22)17(3)25(4)20(26)10-7-18-11-13-23-14-12-18/h5-6,8-9,17-18,23H,7,10-14H2,1-4H3. The van der Waals surface area contributed by atoms with Gasteiger partial charge >= 0.3 is 0 Å². The molecule has 0 aliphatic carbocycles. The first-order chi connectivity index (χ1) is 13.0. The molecule has 1 aromatic carbocycles. The van der Waals surface area contributed by atoms with Gasteiger partial charge in [0.25, 0.3) is 0 Å². The third-order valence-corrected chi connectivity index (χ3v) is 7.09. The normalized spacial score (nSPS) is 16.3. The lowest BCUT2D eigenvalue weighted by Gasteiger charge is -2.26. The molecular weight excluding hydrogens is 354 g/mol. The van der Waals surface area contributed by atoms with Gasteiger partial charge in [-0.15, -0.1) is 11.3 Å². The maximum absolute atomic E-state index is 12.7. The minimum Gasteiger partial charge on any atom is -0.338 e. The summed E-state index contributed by atoms with van der Waals surface area (Å²) in [6.45, 7) is 8.43. The maximum atomic E-state index is 12.7. The lowest BCUT2D eigenvalue weighted by atomic mass is 9.93. The van der Waals surface area contributed by atoms with Crippen molar-refractivity contribution in [2.75, 3.05) is 20.1 Å². The monoisotopic (exact) mass is 385 g/mol. The number of benzene rings is 1. The highest BCUT2D eigenvalue weighted by Gasteiger charge is 2.23. The maximum Gasteiger partial charge on any atom is 0.222 e. The molecule has 3 rings (SSSR count). The Balaban J connectivity index is 1.64. The Bertz CT molecular complexity index is 762. The van der Waals surface area contributed by atoms with E-state index in [1.54, 1.807) is 11.3 Å². The number of thiazole rings is 1. The fraction of sp³-hybridized carbons (Fsp3) is 0.545. The first kappa shape index (κ1) is 20.0. The molecule has 1 fully saturated rings. The lowest BCUT2D eigenvalue weighted by molar-refractivity contribution is -0.132. The zero-order valence-corrected chi connectivity index (χ0v) is 17.7. The second kappa shape index (κ2) is 8.98. The van der Waals surface area contributed by atoms with Gasteiger partial charge in [0.2, 0.25) is 5.91 Å². The third-order valence-electron chi connectivity index (χ3n) is 5.71. The number of nitrogens with one attached hydrogen (secondary N) is 1. The van der Waals surface area contributed by atoms with Gasteiger partial charge in [-0.2, -0.15) is 0 Å². The molecule has 1 unspecified atom stereocenters. The summed E-state index contributed by atoms with van der Waals surface area (Å²) >= 11 is 1.71. The highest BCUT2D eigenvalue weighted by molar-refractivity contribution is 7.15. The van der Waals surface area contributed by atoms with Crippen molar-refractivity contribution in [3.63, 3.8) is 0 Å². The van der Waals surface area contributed by atoms with Crippen molar-refractivity contribution in [3.05, 3.63) is 40.4 Å². The molecular formula is C22H31N3OS. The van der Waals surface area contributed by atoms with Crippen molar-refractivity contribution >= 4 is 17.2 Å². The molecule has 0 bridgehead atoms. The Kier molecular flexibility index (Phi) is 6.66. The second-order valence-electron chi connectivity index (χ2n) is 7.75. The van der Waals surface area contributed by atoms with Crippen molar-refractivity contribution in [2.24, 2.45) is 5.92 Å². The number of rotatable bonds is 6. The van der Waals surface area contributed by atoms with Crippen LogP contribution in [0.5, 0.6) is 0 Å². The fourth-order valence-electron chi connectivity index (χ4n) is 3.68. The molecule has 27 heavy (non-hydrogen) atoms. The number of piperidine rings is 1. The van der Waals surface area contributed by atoms with Crippen LogP contribution in [0, 0.1) is 19.8 Å². The predicted octanol–water partition coefficient (Wildman–Crippen LogP) is 4.73. The summed E-state index contributed by atoms with van der Waals surface area (Å²) in [6, 6.07) is 8.53. The van der Waals surface area contributed by atoms with E-state index in [-0.39, 0.29) is 11.9 Å². The van der Waals surface area contributed by atoms with E-state index >= 15 is 0 Å². The number of hydrogen-bond acceptors (Lipinski definition) is 4. The van der Waals surface area contributed by atoms with Crippen LogP contribution in [-0.4, -0.2) is 35.9 Å². The molecule has 1 saturated heterocycles. The quantitative estimate of drug-likeness (QED) is 0.782. The molecule has 146 valence electrons. The van der Waals surface area contributed by atoms with Gasteiger partial charge in [0.05, 0.1) is 16.6 Å². The highest BCUT2D eigenvalue weighted by atomic mass is 32.1. The molecule has 5 heteroatoms. The van der Waals surface area contributed by atoms with Gasteiger partial charge in [0.15, 0.2) is 0 Å². The largest absolute Gasteiger partial charge is 0.338 e. The molecule has 1 aliphatic heterocycles. The average molecular weight is 386 g/mol. The summed E-state index contributed by atoms with van der Waals surface area (Å²) < 4.78 is 0. The summed E-state index contributed by atoms with van der Waals surface area (Å²) in [6.07, 6.45) is 4.04. The van der Waals surface area contributed by atoms with Crippen LogP contribution >= 0.6 is 11.3 Å². The summed E-state index contributed by atoms with van der Waals surface area (Å²) in [5.41, 5.74) is 3.42. The third kappa shape index (κ3) is 4.96. The van der Waals surface area contributed by atoms with E-state index < -0.39 is 0 Å². The number of nitrogens with zero attached hydrogens (tertiary/aromatic N) is 2. The molecule has 1 aliphatic rings. The van der Waals surface area contributed by atoms with E-state index in [0.717, 1.165) is 35.8 Å². The van der Waals surface area contributed by atoms with Crippen LogP contribution in [0.4, 0.5) is 0 Å². The van der Waals surface area contributed by atoms with Crippen LogP contribution in [0.25, 0.3) is 10.6 Å². The van der Waals surface area contributed by atoms with Crippen LogP contribution < -0.4 is 5.32 Å². The molecule has 1 aromatic heterocycles. The van der Waals surface area contributed by atoms with Gasteiger partial charge < -0.3 is 10.2 Å². The molecule has 0 spiro atoms. The Morgan fingerprint density at radius 2 is 1.93 bits per heavy atom. The Hall–Kier alpha value is -1.72. The van der Waals surface area contributed by atoms with Crippen molar-refractivity contribution < 1.29 is 4.79 Å². The SMILES string of the molecule is Cc1ccc(-c2nc(C)c(C(C)N(C)C(=O)CCC3CCNCC3)s2)cc1. The fourth-order valence-corrected chi connectivity index (χ4v) is 4.85. The number of amides is 1. The van der Waals surface area contributed by atoms with Crippen LogP contribution in [0.1, 0.15) is 54.8 Å². The number of hydrogen-bond donors (Lipinski definition) is 1. The summed E-state index contributed by atoms with van der Waals surface area (Å²) in [5, 5.41) is 4.42. The van der Waals surface area contributed by atoms with Gasteiger partial charge in [-0.05, 0) is 59.0 Å². The van der Waals surface area contributed by atoms with Crippen LogP contribution in [-0.2, 0) is 4.79 Å². The van der Waals surface area contributed by atoms with Gasteiger partial charge in [0.1, 0.15) is 5.01 Å². The van der Waals surface area contributed by atoms with E-state index in [1.165, 1.54) is 23.3 Å². The van der Waals surface area contributed by atoms with Gasteiger partial charge in [0, 0.05) is 19.0 Å². The van der Waals surface area contributed by atoms with E-state index in [4.69, 9.17) is 4.98 Å². The van der Waals surface area contributed by atoms with Gasteiger partial charge in [-0.3, -0.25) is 4.79 Å². The molecule has 1 N–H and O–H groups in total. The second-order valence-corrected chi connectivity index (χ2v) is 8.78. The summed E-state index contributed by atoms with van der Waals surface area (Å²) in [4.78, 5) is 20.6. The molecule has 0 radical (unpaired) electrons. The molecule has 4 nitrogen and oxygen atoms in total. The van der Waals surface area contributed by atoms with E-state index in [9.17, 15) is 4.79 Å². The Morgan fingerprint density at radius 1 is 1.26 bits per heavy atom. The van der Waals surface area contributed by atoms with Gasteiger partial charge in [-0.1, -0.05) is 29.8 Å². The van der Waals surface area contributed by atoms with Crippen molar-refractivity contribution in [1.29, 1.82) is 0 Å². The first-order valence-electron chi connectivity index (χ1n) is 9.96. The summed E-state index contributed by atoms with van der Waals surface area (Å²) in [5.74, 6) is 0.933. The van der Waals surface area contributed by atoms with E-state index in [2.05, 4.69) is 43.4 Å². The minimum absolute atomic E-state index is 0.0576. The number of carbonyl (C=O) groups excluding carboxylic acids is 1. The zero-order valence-electron chi connectivity index (χ0n) is 16.9. The molecule has 2 aromatic rings. The predicted molar refractivity (Wildman–Crippen MR) is 113 cm³/mol. The topological polar surface area (TPSA) is 45.2 Å². The highest BCUT2D eigenvalue weighted by Crippen LogP contribution is 2.34. The van der Waals surface area contributed by atoms with Crippen molar-refractivity contribution in [1.82, 2.24) is 15.2 Å². The van der Waals surface area contributed by atoms with Gasteiger partial charge in [-0.25, -0.2) is 4.98 Å². The minimum atomic E-state index is 0.0576. The molecule has 0 saturated carbocycles. The molecule has 1 amide bonds. The summed E-state index contributed by atoms with van der Waals surface area (Å²) in [7, 11) is 1.93.